The Bertz CT molecular complexity index is 414. The van der Waals surface area contributed by atoms with Gasteiger partial charge >= 0.3 is 0 Å². The second-order valence-electron chi connectivity index (χ2n) is 6.44. The van der Waals surface area contributed by atoms with Gasteiger partial charge in [-0.05, 0) is 56.9 Å². The van der Waals surface area contributed by atoms with Crippen LogP contribution in [0.3, 0.4) is 0 Å². The van der Waals surface area contributed by atoms with E-state index in [0.29, 0.717) is 0 Å². The maximum absolute atomic E-state index is 5.34. The molecule has 1 fully saturated rings. The van der Waals surface area contributed by atoms with E-state index in [0.717, 1.165) is 30.8 Å². The van der Waals surface area contributed by atoms with Gasteiger partial charge in [0, 0.05) is 18.3 Å². The quantitative estimate of drug-likeness (QED) is 0.838. The van der Waals surface area contributed by atoms with Crippen LogP contribution in [0.5, 0.6) is 5.88 Å². The number of likely N-dealkylation sites (tertiary alicyclic amines) is 1. The molecule has 0 aromatic carbocycles. The van der Waals surface area contributed by atoms with Gasteiger partial charge in [-0.15, -0.1) is 0 Å². The molecule has 0 radical (unpaired) electrons. The molecule has 1 aliphatic rings. The fourth-order valence-corrected chi connectivity index (χ4v) is 2.89. The highest BCUT2D eigenvalue weighted by Gasteiger charge is 2.20. The van der Waals surface area contributed by atoms with Crippen molar-refractivity contribution in [3.8, 4) is 5.88 Å². The summed E-state index contributed by atoms with van der Waals surface area (Å²) in [6, 6.07) is 4.10. The SMILES string of the molecule is COc1ncccc1CN1CCC(CNCC(C)C)CC1. The van der Waals surface area contributed by atoms with Gasteiger partial charge in [0.05, 0.1) is 7.11 Å². The smallest absolute Gasteiger partial charge is 0.217 e. The predicted molar refractivity (Wildman–Crippen MR) is 86.5 cm³/mol. The zero-order valence-electron chi connectivity index (χ0n) is 13.6. The molecular formula is C17H29N3O. The number of methoxy groups -OCH3 is 1. The minimum atomic E-state index is 0.739. The Morgan fingerprint density at radius 1 is 1.38 bits per heavy atom. The monoisotopic (exact) mass is 291 g/mol. The zero-order chi connectivity index (χ0) is 15.1. The molecule has 0 saturated carbocycles. The van der Waals surface area contributed by atoms with Crippen LogP contribution in [0.25, 0.3) is 0 Å². The Labute approximate surface area is 128 Å². The summed E-state index contributed by atoms with van der Waals surface area (Å²) < 4.78 is 5.34. The third-order valence-electron chi connectivity index (χ3n) is 4.13. The number of rotatable bonds is 7. The molecule has 2 heterocycles. The lowest BCUT2D eigenvalue weighted by molar-refractivity contribution is 0.173. The lowest BCUT2D eigenvalue weighted by Crippen LogP contribution is -2.37. The van der Waals surface area contributed by atoms with Crippen molar-refractivity contribution in [2.24, 2.45) is 11.8 Å². The normalized spacial score (nSPS) is 17.3. The Kier molecular flexibility index (Phi) is 6.46. The second kappa shape index (κ2) is 8.35. The van der Waals surface area contributed by atoms with E-state index in [4.69, 9.17) is 4.74 Å². The highest BCUT2D eigenvalue weighted by atomic mass is 16.5. The fourth-order valence-electron chi connectivity index (χ4n) is 2.89. The van der Waals surface area contributed by atoms with Crippen LogP contribution >= 0.6 is 0 Å². The summed E-state index contributed by atoms with van der Waals surface area (Å²) in [5.74, 6) is 2.33. The second-order valence-corrected chi connectivity index (χ2v) is 6.44. The molecule has 1 saturated heterocycles. The number of hydrogen-bond acceptors (Lipinski definition) is 4. The van der Waals surface area contributed by atoms with Crippen LogP contribution in [0, 0.1) is 11.8 Å². The molecule has 4 nitrogen and oxygen atoms in total. The molecular weight excluding hydrogens is 262 g/mol. The van der Waals surface area contributed by atoms with Crippen LogP contribution < -0.4 is 10.1 Å². The molecule has 0 aliphatic carbocycles. The van der Waals surface area contributed by atoms with Crippen LogP contribution in [0.2, 0.25) is 0 Å². The Balaban J connectivity index is 1.74. The van der Waals surface area contributed by atoms with Gasteiger partial charge in [-0.3, -0.25) is 4.90 Å². The third-order valence-corrected chi connectivity index (χ3v) is 4.13. The molecule has 0 amide bonds. The summed E-state index contributed by atoms with van der Waals surface area (Å²) in [6.45, 7) is 10.1. The molecule has 118 valence electrons. The van der Waals surface area contributed by atoms with Crippen molar-refractivity contribution >= 4 is 0 Å². The van der Waals surface area contributed by atoms with Crippen molar-refractivity contribution in [2.75, 3.05) is 33.3 Å². The standard InChI is InChI=1S/C17H29N3O/c1-14(2)11-18-12-15-6-9-20(10-7-15)13-16-5-4-8-19-17(16)21-3/h4-5,8,14-15,18H,6-7,9-13H2,1-3H3. The van der Waals surface area contributed by atoms with E-state index >= 15 is 0 Å². The summed E-state index contributed by atoms with van der Waals surface area (Å²) in [5.41, 5.74) is 1.19. The van der Waals surface area contributed by atoms with E-state index in [1.165, 1.54) is 38.0 Å². The number of pyridine rings is 1. The average Bonchev–Trinajstić information content (AvgIpc) is 2.49. The van der Waals surface area contributed by atoms with Crippen LogP contribution in [0.1, 0.15) is 32.3 Å². The number of aromatic nitrogens is 1. The summed E-state index contributed by atoms with van der Waals surface area (Å²) in [5, 5.41) is 3.59. The topological polar surface area (TPSA) is 37.4 Å². The van der Waals surface area contributed by atoms with E-state index in [9.17, 15) is 0 Å². The highest BCUT2D eigenvalue weighted by molar-refractivity contribution is 5.25. The minimum Gasteiger partial charge on any atom is -0.481 e. The number of piperidine rings is 1. The maximum atomic E-state index is 5.34. The lowest BCUT2D eigenvalue weighted by atomic mass is 9.96. The van der Waals surface area contributed by atoms with Crippen molar-refractivity contribution in [3.63, 3.8) is 0 Å². The Morgan fingerprint density at radius 3 is 2.81 bits per heavy atom. The molecule has 1 aliphatic heterocycles. The number of hydrogen-bond donors (Lipinski definition) is 1. The van der Waals surface area contributed by atoms with Crippen molar-refractivity contribution in [3.05, 3.63) is 23.9 Å². The van der Waals surface area contributed by atoms with Crippen molar-refractivity contribution in [1.29, 1.82) is 0 Å². The van der Waals surface area contributed by atoms with E-state index in [2.05, 4.69) is 35.1 Å². The van der Waals surface area contributed by atoms with Crippen LogP contribution in [-0.2, 0) is 6.54 Å². The Morgan fingerprint density at radius 2 is 2.14 bits per heavy atom. The average molecular weight is 291 g/mol. The van der Waals surface area contributed by atoms with E-state index in [1.54, 1.807) is 13.3 Å². The fraction of sp³-hybridized carbons (Fsp3) is 0.706. The molecule has 1 aromatic heterocycles. The van der Waals surface area contributed by atoms with Gasteiger partial charge in [-0.2, -0.15) is 0 Å². The van der Waals surface area contributed by atoms with E-state index < -0.39 is 0 Å². The molecule has 0 bridgehead atoms. The molecule has 0 atom stereocenters. The maximum Gasteiger partial charge on any atom is 0.217 e. The van der Waals surface area contributed by atoms with Crippen LogP contribution in [0.15, 0.2) is 18.3 Å². The minimum absolute atomic E-state index is 0.739. The van der Waals surface area contributed by atoms with Gasteiger partial charge in [-0.25, -0.2) is 4.98 Å². The van der Waals surface area contributed by atoms with Gasteiger partial charge in [0.25, 0.3) is 0 Å². The molecule has 21 heavy (non-hydrogen) atoms. The summed E-state index contributed by atoms with van der Waals surface area (Å²) >= 11 is 0. The molecule has 0 spiro atoms. The molecule has 1 aromatic rings. The Hall–Kier alpha value is -1.13. The van der Waals surface area contributed by atoms with Crippen LogP contribution in [0.4, 0.5) is 0 Å². The van der Waals surface area contributed by atoms with Gasteiger partial charge in [0.1, 0.15) is 0 Å². The van der Waals surface area contributed by atoms with Crippen molar-refractivity contribution < 1.29 is 4.74 Å². The summed E-state index contributed by atoms with van der Waals surface area (Å²) in [6.07, 6.45) is 4.36. The molecule has 1 N–H and O–H groups in total. The van der Waals surface area contributed by atoms with E-state index in [1.807, 2.05) is 6.07 Å². The van der Waals surface area contributed by atoms with Crippen molar-refractivity contribution in [1.82, 2.24) is 15.2 Å². The number of nitrogens with one attached hydrogen (secondary N) is 1. The first kappa shape index (κ1) is 16.2. The van der Waals surface area contributed by atoms with E-state index in [-0.39, 0.29) is 0 Å². The lowest BCUT2D eigenvalue weighted by Gasteiger charge is -2.32. The van der Waals surface area contributed by atoms with Gasteiger partial charge < -0.3 is 10.1 Å². The predicted octanol–water partition coefficient (Wildman–Crippen LogP) is 2.55. The van der Waals surface area contributed by atoms with Gasteiger partial charge in [0.2, 0.25) is 5.88 Å². The summed E-state index contributed by atoms with van der Waals surface area (Å²) in [7, 11) is 1.69. The summed E-state index contributed by atoms with van der Waals surface area (Å²) in [4.78, 5) is 6.79. The van der Waals surface area contributed by atoms with Gasteiger partial charge in [0.15, 0.2) is 0 Å². The highest BCUT2D eigenvalue weighted by Crippen LogP contribution is 2.21. The zero-order valence-corrected chi connectivity index (χ0v) is 13.6. The molecule has 2 rings (SSSR count). The number of ether oxygens (including phenoxy) is 1. The molecule has 0 unspecified atom stereocenters. The third kappa shape index (κ3) is 5.29. The number of nitrogens with zero attached hydrogens (tertiary/aromatic N) is 2. The first-order valence-corrected chi connectivity index (χ1v) is 8.10. The first-order valence-electron chi connectivity index (χ1n) is 8.10. The van der Waals surface area contributed by atoms with Crippen molar-refractivity contribution in [2.45, 2.75) is 33.2 Å². The first-order chi connectivity index (χ1) is 10.2. The van der Waals surface area contributed by atoms with Gasteiger partial charge in [-0.1, -0.05) is 19.9 Å². The largest absolute Gasteiger partial charge is 0.481 e. The van der Waals surface area contributed by atoms with Crippen LogP contribution in [-0.4, -0.2) is 43.2 Å². The molecule has 4 heteroatoms.